The van der Waals surface area contributed by atoms with E-state index in [1.54, 1.807) is 0 Å². The molecule has 2 aromatic heterocycles. The molecule has 2 heteroatoms. The second-order valence-corrected chi connectivity index (χ2v) is 6.42. The van der Waals surface area contributed by atoms with Crippen LogP contribution in [-0.4, -0.2) is 4.57 Å². The van der Waals surface area contributed by atoms with Crippen LogP contribution in [0.15, 0.2) is 52.9 Å². The number of hydrogen-bond donors (Lipinski definition) is 0. The Morgan fingerprint density at radius 2 is 1.52 bits per heavy atom. The van der Waals surface area contributed by atoms with Crippen molar-refractivity contribution in [1.82, 2.24) is 4.57 Å². The SMILES string of the molecule is Cc1cccc2c3c4c(cc(C)c3n(C)c12)oc1ccccc14. The largest absolute Gasteiger partial charge is 0.456 e. The quantitative estimate of drug-likeness (QED) is 0.351. The Hall–Kier alpha value is -2.74. The van der Waals surface area contributed by atoms with Crippen LogP contribution in [0.5, 0.6) is 0 Å². The molecule has 3 aromatic carbocycles. The number of hydrogen-bond acceptors (Lipinski definition) is 1. The van der Waals surface area contributed by atoms with E-state index in [-0.39, 0.29) is 0 Å². The van der Waals surface area contributed by atoms with Gasteiger partial charge in [-0.25, -0.2) is 0 Å². The van der Waals surface area contributed by atoms with E-state index in [1.165, 1.54) is 43.7 Å². The third-order valence-electron chi connectivity index (χ3n) is 5.01. The molecule has 0 aliphatic rings. The summed E-state index contributed by atoms with van der Waals surface area (Å²) in [4.78, 5) is 0. The van der Waals surface area contributed by atoms with Gasteiger partial charge in [0.1, 0.15) is 11.2 Å². The van der Waals surface area contributed by atoms with Gasteiger partial charge in [-0.05, 0) is 37.1 Å². The molecule has 0 fully saturated rings. The van der Waals surface area contributed by atoms with Gasteiger partial charge < -0.3 is 8.98 Å². The third-order valence-corrected chi connectivity index (χ3v) is 5.01. The first-order valence-electron chi connectivity index (χ1n) is 7.95. The summed E-state index contributed by atoms with van der Waals surface area (Å²) in [6.45, 7) is 4.35. The van der Waals surface area contributed by atoms with E-state index in [2.05, 4.69) is 61.9 Å². The Morgan fingerprint density at radius 1 is 0.739 bits per heavy atom. The fourth-order valence-electron chi connectivity index (χ4n) is 4.12. The highest BCUT2D eigenvalue weighted by Crippen LogP contribution is 2.41. The summed E-state index contributed by atoms with van der Waals surface area (Å²) in [6, 6.07) is 17.0. The molecule has 0 atom stereocenters. The number of aromatic nitrogens is 1. The van der Waals surface area contributed by atoms with E-state index in [9.17, 15) is 0 Å². The summed E-state index contributed by atoms with van der Waals surface area (Å²) in [5, 5.41) is 5.05. The minimum absolute atomic E-state index is 0.957. The van der Waals surface area contributed by atoms with Gasteiger partial charge in [-0.15, -0.1) is 0 Å². The molecule has 0 amide bonds. The Bertz CT molecular complexity index is 1240. The average molecular weight is 299 g/mol. The highest BCUT2D eigenvalue weighted by atomic mass is 16.3. The Labute approximate surface area is 133 Å². The van der Waals surface area contributed by atoms with Crippen LogP contribution in [0.1, 0.15) is 11.1 Å². The van der Waals surface area contributed by atoms with Crippen LogP contribution >= 0.6 is 0 Å². The predicted octanol–water partition coefficient (Wildman–Crippen LogP) is 5.85. The van der Waals surface area contributed by atoms with Crippen molar-refractivity contribution >= 4 is 43.7 Å². The minimum atomic E-state index is 0.957. The van der Waals surface area contributed by atoms with Gasteiger partial charge in [0, 0.05) is 28.6 Å². The van der Waals surface area contributed by atoms with Crippen molar-refractivity contribution in [2.45, 2.75) is 13.8 Å². The molecular formula is C21H17NO. The maximum atomic E-state index is 6.12. The molecule has 0 radical (unpaired) electrons. The first-order valence-corrected chi connectivity index (χ1v) is 7.95. The summed E-state index contributed by atoms with van der Waals surface area (Å²) in [6.07, 6.45) is 0. The molecule has 0 aliphatic carbocycles. The fraction of sp³-hybridized carbons (Fsp3) is 0.143. The third kappa shape index (κ3) is 1.48. The van der Waals surface area contributed by atoms with Crippen molar-refractivity contribution in [3.05, 3.63) is 59.7 Å². The zero-order valence-electron chi connectivity index (χ0n) is 13.5. The van der Waals surface area contributed by atoms with Gasteiger partial charge >= 0.3 is 0 Å². The highest BCUT2D eigenvalue weighted by Gasteiger charge is 2.18. The van der Waals surface area contributed by atoms with Crippen LogP contribution in [0, 0.1) is 13.8 Å². The Balaban J connectivity index is 2.23. The van der Waals surface area contributed by atoms with E-state index < -0.39 is 0 Å². The van der Waals surface area contributed by atoms with Crippen LogP contribution in [0.4, 0.5) is 0 Å². The number of rotatable bonds is 0. The summed E-state index contributed by atoms with van der Waals surface area (Å²) in [7, 11) is 2.17. The topological polar surface area (TPSA) is 18.1 Å². The molecule has 5 rings (SSSR count). The lowest BCUT2D eigenvalue weighted by molar-refractivity contribution is 0.669. The first kappa shape index (κ1) is 12.8. The van der Waals surface area contributed by atoms with Crippen molar-refractivity contribution in [3.63, 3.8) is 0 Å². The van der Waals surface area contributed by atoms with Gasteiger partial charge in [-0.1, -0.05) is 36.4 Å². The van der Waals surface area contributed by atoms with Crippen LogP contribution in [-0.2, 0) is 7.05 Å². The van der Waals surface area contributed by atoms with Crippen molar-refractivity contribution in [1.29, 1.82) is 0 Å². The lowest BCUT2D eigenvalue weighted by atomic mass is 10.0. The monoisotopic (exact) mass is 299 g/mol. The molecule has 5 aromatic rings. The molecule has 0 aliphatic heterocycles. The second-order valence-electron chi connectivity index (χ2n) is 6.42. The molecule has 0 saturated heterocycles. The molecule has 0 spiro atoms. The molecule has 0 N–H and O–H groups in total. The maximum absolute atomic E-state index is 6.12. The molecule has 2 nitrogen and oxygen atoms in total. The number of aryl methyl sites for hydroxylation is 3. The van der Waals surface area contributed by atoms with Crippen LogP contribution in [0.3, 0.4) is 0 Å². The molecule has 112 valence electrons. The normalized spacial score (nSPS) is 12.1. The van der Waals surface area contributed by atoms with E-state index in [4.69, 9.17) is 4.42 Å². The van der Waals surface area contributed by atoms with Gasteiger partial charge in [-0.3, -0.25) is 0 Å². The predicted molar refractivity (Wildman–Crippen MR) is 97.2 cm³/mol. The summed E-state index contributed by atoms with van der Waals surface area (Å²) in [5.41, 5.74) is 7.10. The summed E-state index contributed by atoms with van der Waals surface area (Å²) >= 11 is 0. The number of nitrogens with zero attached hydrogens (tertiary/aromatic N) is 1. The Kier molecular flexibility index (Phi) is 2.31. The van der Waals surface area contributed by atoms with E-state index in [0.29, 0.717) is 0 Å². The van der Waals surface area contributed by atoms with Crippen LogP contribution < -0.4 is 0 Å². The molecule has 23 heavy (non-hydrogen) atoms. The van der Waals surface area contributed by atoms with E-state index >= 15 is 0 Å². The molecule has 0 bridgehead atoms. The van der Waals surface area contributed by atoms with Gasteiger partial charge in [0.05, 0.1) is 11.0 Å². The van der Waals surface area contributed by atoms with Crippen LogP contribution in [0.2, 0.25) is 0 Å². The van der Waals surface area contributed by atoms with Crippen molar-refractivity contribution in [3.8, 4) is 0 Å². The molecular weight excluding hydrogens is 282 g/mol. The number of para-hydroxylation sites is 2. The standard InChI is InChI=1S/C21H17NO/c1-12-7-6-9-15-19-18-14-8-4-5-10-16(14)23-17(18)11-13(2)21(19)22(3)20(12)15/h4-11H,1-3H3. The zero-order valence-corrected chi connectivity index (χ0v) is 13.5. The first-order chi connectivity index (χ1) is 11.2. The molecule has 0 unspecified atom stereocenters. The smallest absolute Gasteiger partial charge is 0.136 e. The lowest BCUT2D eigenvalue weighted by Gasteiger charge is -2.03. The van der Waals surface area contributed by atoms with Gasteiger partial charge in [0.15, 0.2) is 0 Å². The fourth-order valence-corrected chi connectivity index (χ4v) is 4.12. The number of furan rings is 1. The van der Waals surface area contributed by atoms with Crippen molar-refractivity contribution < 1.29 is 4.42 Å². The number of benzene rings is 3. The summed E-state index contributed by atoms with van der Waals surface area (Å²) < 4.78 is 8.45. The van der Waals surface area contributed by atoms with Crippen molar-refractivity contribution in [2.24, 2.45) is 7.05 Å². The maximum Gasteiger partial charge on any atom is 0.136 e. The summed E-state index contributed by atoms with van der Waals surface area (Å²) in [5.74, 6) is 0. The number of fused-ring (bicyclic) bond motifs is 7. The van der Waals surface area contributed by atoms with E-state index in [0.717, 1.165) is 11.2 Å². The van der Waals surface area contributed by atoms with E-state index in [1.807, 2.05) is 12.1 Å². The zero-order chi connectivity index (χ0) is 15.7. The second kappa shape index (κ2) is 4.17. The van der Waals surface area contributed by atoms with Gasteiger partial charge in [0.2, 0.25) is 0 Å². The van der Waals surface area contributed by atoms with Crippen LogP contribution in [0.25, 0.3) is 43.7 Å². The van der Waals surface area contributed by atoms with Crippen molar-refractivity contribution in [2.75, 3.05) is 0 Å². The minimum Gasteiger partial charge on any atom is -0.456 e. The highest BCUT2D eigenvalue weighted by molar-refractivity contribution is 6.27. The average Bonchev–Trinajstić information content (AvgIpc) is 3.04. The molecule has 0 saturated carbocycles. The molecule has 2 heterocycles. The lowest BCUT2D eigenvalue weighted by Crippen LogP contribution is -1.91. The van der Waals surface area contributed by atoms with Gasteiger partial charge in [0.25, 0.3) is 0 Å². The Morgan fingerprint density at radius 3 is 2.39 bits per heavy atom. The van der Waals surface area contributed by atoms with Gasteiger partial charge in [-0.2, -0.15) is 0 Å².